The molecule has 0 amide bonds. The lowest BCUT2D eigenvalue weighted by atomic mass is 9.98. The van der Waals surface area contributed by atoms with E-state index in [1.54, 1.807) is 6.07 Å². The van der Waals surface area contributed by atoms with Crippen molar-refractivity contribution >= 4 is 0 Å². The Morgan fingerprint density at radius 3 is 2.17 bits per heavy atom. The number of hydrogen-bond donors (Lipinski definition) is 1. The summed E-state index contributed by atoms with van der Waals surface area (Å²) in [6.07, 6.45) is 1.11. The Balaban J connectivity index is 2.28. The number of benzene rings is 2. The molecule has 1 N–H and O–H groups in total. The molecule has 0 radical (unpaired) electrons. The van der Waals surface area contributed by atoms with Gasteiger partial charge in [0.1, 0.15) is 5.75 Å². The maximum atomic E-state index is 9.63. The minimum Gasteiger partial charge on any atom is -0.508 e. The summed E-state index contributed by atoms with van der Waals surface area (Å²) in [7, 11) is 0. The number of phenols is 1. The highest BCUT2D eigenvalue weighted by Crippen LogP contribution is 2.25. The quantitative estimate of drug-likeness (QED) is 0.833. The molecule has 2 rings (SSSR count). The fourth-order valence-electron chi connectivity index (χ4n) is 2.23. The molecular formula is C17H20O. The van der Waals surface area contributed by atoms with Crippen LogP contribution in [-0.2, 0) is 6.42 Å². The second-order valence-electron chi connectivity index (χ2n) is 5.35. The highest BCUT2D eigenvalue weighted by atomic mass is 16.3. The van der Waals surface area contributed by atoms with E-state index in [-0.39, 0.29) is 0 Å². The topological polar surface area (TPSA) is 20.2 Å². The van der Waals surface area contributed by atoms with E-state index in [4.69, 9.17) is 0 Å². The molecular weight excluding hydrogens is 220 g/mol. The summed E-state index contributed by atoms with van der Waals surface area (Å²) < 4.78 is 0. The van der Waals surface area contributed by atoms with E-state index in [1.165, 1.54) is 5.56 Å². The van der Waals surface area contributed by atoms with E-state index in [0.29, 0.717) is 11.7 Å². The fraction of sp³-hybridized carbons (Fsp3) is 0.294. The van der Waals surface area contributed by atoms with E-state index in [2.05, 4.69) is 44.2 Å². The van der Waals surface area contributed by atoms with Crippen LogP contribution in [0.4, 0.5) is 0 Å². The largest absolute Gasteiger partial charge is 0.508 e. The summed E-state index contributed by atoms with van der Waals surface area (Å²) in [5.74, 6) is 1.01. The third kappa shape index (κ3) is 3.13. The minimum absolute atomic E-state index is 0.330. The summed E-state index contributed by atoms with van der Waals surface area (Å²) in [5, 5.41) is 9.63. The summed E-state index contributed by atoms with van der Waals surface area (Å²) in [4.78, 5) is 0. The normalized spacial score (nSPS) is 10.9. The minimum atomic E-state index is 0.330. The van der Waals surface area contributed by atoms with Crippen molar-refractivity contribution < 1.29 is 5.11 Å². The van der Waals surface area contributed by atoms with Gasteiger partial charge in [0.25, 0.3) is 0 Å². The predicted molar refractivity (Wildman–Crippen MR) is 76.8 cm³/mol. The van der Waals surface area contributed by atoms with Gasteiger partial charge in [0.2, 0.25) is 0 Å². The molecule has 0 heterocycles. The highest BCUT2D eigenvalue weighted by molar-refractivity contribution is 5.66. The number of rotatable bonds is 3. The van der Waals surface area contributed by atoms with Gasteiger partial charge in [-0.3, -0.25) is 0 Å². The van der Waals surface area contributed by atoms with Crippen molar-refractivity contribution in [2.24, 2.45) is 5.92 Å². The summed E-state index contributed by atoms with van der Waals surface area (Å²) >= 11 is 0. The lowest BCUT2D eigenvalue weighted by Crippen LogP contribution is -1.93. The average molecular weight is 240 g/mol. The van der Waals surface area contributed by atoms with Crippen LogP contribution < -0.4 is 0 Å². The summed E-state index contributed by atoms with van der Waals surface area (Å²) in [6, 6.07) is 14.3. The Labute approximate surface area is 109 Å². The predicted octanol–water partition coefficient (Wildman–Crippen LogP) is 4.57. The Hall–Kier alpha value is -1.76. The second kappa shape index (κ2) is 5.26. The maximum Gasteiger partial charge on any atom is 0.116 e. The van der Waals surface area contributed by atoms with Crippen LogP contribution >= 0.6 is 0 Å². The first-order valence-electron chi connectivity index (χ1n) is 6.44. The zero-order valence-corrected chi connectivity index (χ0v) is 11.3. The van der Waals surface area contributed by atoms with Crippen LogP contribution in [0.1, 0.15) is 25.0 Å². The van der Waals surface area contributed by atoms with Crippen LogP contribution in [0.2, 0.25) is 0 Å². The highest BCUT2D eigenvalue weighted by Gasteiger charge is 2.02. The van der Waals surface area contributed by atoms with Gasteiger partial charge in [-0.1, -0.05) is 44.2 Å². The lowest BCUT2D eigenvalue weighted by Gasteiger charge is -2.08. The standard InChI is InChI=1S/C17H20O/c1-12(2)8-14-4-6-15(7-5-14)16-9-13(3)10-17(18)11-16/h4-7,9-12,18H,8H2,1-3H3. The third-order valence-electron chi connectivity index (χ3n) is 2.99. The molecule has 0 atom stereocenters. The van der Waals surface area contributed by atoms with Gasteiger partial charge in [-0.05, 0) is 53.6 Å². The van der Waals surface area contributed by atoms with Gasteiger partial charge in [-0.25, -0.2) is 0 Å². The van der Waals surface area contributed by atoms with Crippen molar-refractivity contribution in [3.63, 3.8) is 0 Å². The second-order valence-corrected chi connectivity index (χ2v) is 5.35. The Bertz CT molecular complexity index is 504. The number of phenolic OH excluding ortho intramolecular Hbond substituents is 1. The van der Waals surface area contributed by atoms with Crippen LogP contribution in [0, 0.1) is 12.8 Å². The molecule has 2 aromatic rings. The number of hydrogen-bond acceptors (Lipinski definition) is 1. The first-order valence-corrected chi connectivity index (χ1v) is 6.44. The number of aromatic hydroxyl groups is 1. The van der Waals surface area contributed by atoms with Crippen LogP contribution in [0.5, 0.6) is 5.75 Å². The smallest absolute Gasteiger partial charge is 0.116 e. The van der Waals surface area contributed by atoms with Crippen molar-refractivity contribution in [2.75, 3.05) is 0 Å². The molecule has 0 aliphatic rings. The Morgan fingerprint density at radius 2 is 1.61 bits per heavy atom. The summed E-state index contributed by atoms with van der Waals surface area (Å²) in [5.41, 5.74) is 4.67. The van der Waals surface area contributed by atoms with Crippen molar-refractivity contribution in [2.45, 2.75) is 27.2 Å². The van der Waals surface area contributed by atoms with Gasteiger partial charge in [0, 0.05) is 0 Å². The first-order chi connectivity index (χ1) is 8.54. The monoisotopic (exact) mass is 240 g/mol. The molecule has 1 nitrogen and oxygen atoms in total. The molecule has 0 aliphatic heterocycles. The van der Waals surface area contributed by atoms with Crippen molar-refractivity contribution in [3.8, 4) is 16.9 Å². The molecule has 18 heavy (non-hydrogen) atoms. The van der Waals surface area contributed by atoms with E-state index < -0.39 is 0 Å². The molecule has 0 aromatic heterocycles. The molecule has 0 aliphatic carbocycles. The van der Waals surface area contributed by atoms with Crippen molar-refractivity contribution in [1.82, 2.24) is 0 Å². The molecule has 2 aromatic carbocycles. The van der Waals surface area contributed by atoms with Crippen LogP contribution in [0.3, 0.4) is 0 Å². The molecule has 1 heteroatoms. The first kappa shape index (κ1) is 12.7. The van der Waals surface area contributed by atoms with Crippen LogP contribution in [0.15, 0.2) is 42.5 Å². The van der Waals surface area contributed by atoms with E-state index >= 15 is 0 Å². The van der Waals surface area contributed by atoms with Crippen molar-refractivity contribution in [1.29, 1.82) is 0 Å². The molecule has 0 unspecified atom stereocenters. The molecule has 0 spiro atoms. The van der Waals surface area contributed by atoms with E-state index in [9.17, 15) is 5.11 Å². The van der Waals surface area contributed by atoms with Gasteiger partial charge in [-0.15, -0.1) is 0 Å². The van der Waals surface area contributed by atoms with Gasteiger partial charge in [-0.2, -0.15) is 0 Å². The molecule has 0 fully saturated rings. The van der Waals surface area contributed by atoms with E-state index in [1.807, 2.05) is 13.0 Å². The maximum absolute atomic E-state index is 9.63. The van der Waals surface area contributed by atoms with Gasteiger partial charge in [0.05, 0.1) is 0 Å². The Morgan fingerprint density at radius 1 is 0.944 bits per heavy atom. The number of aryl methyl sites for hydroxylation is 1. The molecule has 0 saturated carbocycles. The molecule has 0 bridgehead atoms. The zero-order chi connectivity index (χ0) is 13.1. The molecule has 0 saturated heterocycles. The van der Waals surface area contributed by atoms with Crippen LogP contribution in [-0.4, -0.2) is 5.11 Å². The van der Waals surface area contributed by atoms with Gasteiger partial charge in [0.15, 0.2) is 0 Å². The third-order valence-corrected chi connectivity index (χ3v) is 2.99. The van der Waals surface area contributed by atoms with Gasteiger partial charge >= 0.3 is 0 Å². The van der Waals surface area contributed by atoms with Crippen molar-refractivity contribution in [3.05, 3.63) is 53.6 Å². The SMILES string of the molecule is Cc1cc(O)cc(-c2ccc(CC(C)C)cc2)c1. The van der Waals surface area contributed by atoms with Crippen LogP contribution in [0.25, 0.3) is 11.1 Å². The van der Waals surface area contributed by atoms with Gasteiger partial charge < -0.3 is 5.11 Å². The molecule has 94 valence electrons. The summed E-state index contributed by atoms with van der Waals surface area (Å²) in [6.45, 7) is 6.45. The zero-order valence-electron chi connectivity index (χ0n) is 11.3. The fourth-order valence-corrected chi connectivity index (χ4v) is 2.23. The van der Waals surface area contributed by atoms with E-state index in [0.717, 1.165) is 23.1 Å². The Kier molecular flexibility index (Phi) is 3.71. The lowest BCUT2D eigenvalue weighted by molar-refractivity contribution is 0.475. The average Bonchev–Trinajstić information content (AvgIpc) is 2.27.